The summed E-state index contributed by atoms with van der Waals surface area (Å²) in [5, 5.41) is 14.4. The van der Waals surface area contributed by atoms with Gasteiger partial charge in [0, 0.05) is 32.6 Å². The third-order valence-electron chi connectivity index (χ3n) is 1.42. The van der Waals surface area contributed by atoms with E-state index in [0.29, 0.717) is 6.42 Å². The first-order chi connectivity index (χ1) is 5.77. The summed E-state index contributed by atoms with van der Waals surface area (Å²) in [5.74, 6) is -0.711. The summed E-state index contributed by atoms with van der Waals surface area (Å²) < 4.78 is 0. The topological polar surface area (TPSA) is 61.4 Å². The third kappa shape index (κ3) is 9.39. The summed E-state index contributed by atoms with van der Waals surface area (Å²) in [5.41, 5.74) is 0. The molecule has 0 amide bonds. The lowest BCUT2D eigenvalue weighted by Gasteiger charge is -2.11. The van der Waals surface area contributed by atoms with E-state index >= 15 is 0 Å². The van der Waals surface area contributed by atoms with Crippen molar-refractivity contribution in [3.63, 3.8) is 0 Å². The maximum atomic E-state index is 9.60. The summed E-state index contributed by atoms with van der Waals surface area (Å²) >= 11 is 0. The molecular weight excluding hydrogens is 156 g/mol. The highest BCUT2D eigenvalue weighted by Crippen LogP contribution is 1.82. The smallest absolute Gasteiger partial charge is 0.303 e. The van der Waals surface area contributed by atoms with E-state index in [-0.39, 0.29) is 0 Å². The van der Waals surface area contributed by atoms with Crippen molar-refractivity contribution in [2.24, 2.45) is 0 Å². The average Bonchev–Trinajstić information content (AvgIpc) is 2.08. The van der Waals surface area contributed by atoms with Crippen molar-refractivity contribution in [2.75, 3.05) is 26.2 Å². The highest BCUT2D eigenvalue weighted by molar-refractivity contribution is 5.66. The van der Waals surface area contributed by atoms with Gasteiger partial charge in [0.2, 0.25) is 0 Å². The number of nitrogens with one attached hydrogen (secondary N) is 2. The zero-order valence-corrected chi connectivity index (χ0v) is 7.60. The van der Waals surface area contributed by atoms with Gasteiger partial charge in [-0.15, -0.1) is 0 Å². The molecule has 0 unspecified atom stereocenters. The number of carboxylic acid groups (broad SMARTS) is 1. The van der Waals surface area contributed by atoms with Gasteiger partial charge in [-0.1, -0.05) is 6.92 Å². The van der Waals surface area contributed by atoms with Crippen molar-refractivity contribution in [3.8, 4) is 0 Å². The molecule has 3 N–H and O–H groups in total. The molecule has 72 valence electrons. The van der Waals surface area contributed by atoms with Crippen molar-refractivity contribution in [1.82, 2.24) is 10.6 Å². The summed E-state index contributed by atoms with van der Waals surface area (Å²) in [6, 6.07) is 0. The van der Waals surface area contributed by atoms with Crippen molar-refractivity contribution in [1.29, 1.82) is 0 Å². The molecule has 0 aromatic carbocycles. The van der Waals surface area contributed by atoms with Crippen molar-refractivity contribution < 1.29 is 9.90 Å². The Morgan fingerprint density at radius 1 is 1.25 bits per heavy atom. The van der Waals surface area contributed by atoms with E-state index in [9.17, 15) is 4.79 Å². The molecule has 0 aromatic rings. The molecule has 1 saturated heterocycles. The number of piperazine rings is 1. The summed E-state index contributed by atoms with van der Waals surface area (Å²) in [6.45, 7) is 6.40. The van der Waals surface area contributed by atoms with Crippen molar-refractivity contribution in [3.05, 3.63) is 0 Å². The number of rotatable bonds is 2. The number of carbonyl (C=O) groups is 1. The van der Waals surface area contributed by atoms with Gasteiger partial charge in [-0.25, -0.2) is 0 Å². The molecule has 1 heterocycles. The molecule has 1 fully saturated rings. The van der Waals surface area contributed by atoms with E-state index in [0.717, 1.165) is 32.6 Å². The first kappa shape index (κ1) is 11.4. The summed E-state index contributed by atoms with van der Waals surface area (Å²) in [4.78, 5) is 9.60. The van der Waals surface area contributed by atoms with Gasteiger partial charge in [0.15, 0.2) is 0 Å². The lowest BCUT2D eigenvalue weighted by molar-refractivity contribution is -0.137. The van der Waals surface area contributed by atoms with Crippen LogP contribution in [-0.4, -0.2) is 37.3 Å². The Kier molecular flexibility index (Phi) is 8.05. The van der Waals surface area contributed by atoms with Gasteiger partial charge in [0.25, 0.3) is 0 Å². The molecule has 0 aliphatic carbocycles. The lowest BCUT2D eigenvalue weighted by atomic mass is 10.4. The zero-order chi connectivity index (χ0) is 9.23. The number of hydrogen-bond acceptors (Lipinski definition) is 3. The van der Waals surface area contributed by atoms with Crippen LogP contribution < -0.4 is 10.6 Å². The van der Waals surface area contributed by atoms with Gasteiger partial charge in [0.1, 0.15) is 0 Å². The molecule has 0 spiro atoms. The van der Waals surface area contributed by atoms with Crippen LogP contribution in [0.5, 0.6) is 0 Å². The van der Waals surface area contributed by atoms with E-state index in [4.69, 9.17) is 5.11 Å². The third-order valence-corrected chi connectivity index (χ3v) is 1.42. The van der Waals surface area contributed by atoms with Crippen molar-refractivity contribution >= 4 is 5.97 Å². The Labute approximate surface area is 73.3 Å². The second-order valence-electron chi connectivity index (χ2n) is 2.64. The van der Waals surface area contributed by atoms with Crippen molar-refractivity contribution in [2.45, 2.75) is 19.8 Å². The monoisotopic (exact) mass is 174 g/mol. The first-order valence-corrected chi connectivity index (χ1v) is 4.40. The van der Waals surface area contributed by atoms with Gasteiger partial charge in [-0.3, -0.25) is 4.79 Å². The van der Waals surface area contributed by atoms with E-state index in [1.54, 1.807) is 0 Å². The second kappa shape index (κ2) is 8.49. The molecule has 1 aliphatic rings. The van der Waals surface area contributed by atoms with Crippen LogP contribution >= 0.6 is 0 Å². The quantitative estimate of drug-likeness (QED) is 0.553. The fourth-order valence-corrected chi connectivity index (χ4v) is 0.817. The largest absolute Gasteiger partial charge is 0.481 e. The summed E-state index contributed by atoms with van der Waals surface area (Å²) in [6.07, 6.45) is 1.02. The predicted molar refractivity (Wildman–Crippen MR) is 48.3 cm³/mol. The Hall–Kier alpha value is -0.610. The van der Waals surface area contributed by atoms with Crippen LogP contribution in [-0.2, 0) is 4.79 Å². The van der Waals surface area contributed by atoms with E-state index < -0.39 is 5.97 Å². The Morgan fingerprint density at radius 3 is 1.75 bits per heavy atom. The molecule has 0 bridgehead atoms. The normalized spacial score (nSPS) is 16.1. The Balaban J connectivity index is 0.000000202. The maximum absolute atomic E-state index is 9.60. The molecular formula is C8H18N2O2. The van der Waals surface area contributed by atoms with Gasteiger partial charge in [0.05, 0.1) is 0 Å². The molecule has 4 heteroatoms. The predicted octanol–water partition coefficient (Wildman–Crippen LogP) is 0.0503. The number of carboxylic acids is 1. The Bertz CT molecular complexity index is 102. The zero-order valence-electron chi connectivity index (χ0n) is 7.60. The van der Waals surface area contributed by atoms with E-state index in [2.05, 4.69) is 10.6 Å². The van der Waals surface area contributed by atoms with E-state index in [1.807, 2.05) is 6.92 Å². The van der Waals surface area contributed by atoms with Gasteiger partial charge in [-0.2, -0.15) is 0 Å². The van der Waals surface area contributed by atoms with Crippen LogP contribution in [0.1, 0.15) is 19.8 Å². The molecule has 1 aliphatic heterocycles. The summed E-state index contributed by atoms with van der Waals surface area (Å²) in [7, 11) is 0. The highest BCUT2D eigenvalue weighted by atomic mass is 16.4. The lowest BCUT2D eigenvalue weighted by Crippen LogP contribution is -2.39. The molecule has 0 atom stereocenters. The molecule has 0 aromatic heterocycles. The van der Waals surface area contributed by atoms with Crippen LogP contribution in [0.15, 0.2) is 0 Å². The molecule has 1 rings (SSSR count). The average molecular weight is 174 g/mol. The molecule has 4 nitrogen and oxygen atoms in total. The maximum Gasteiger partial charge on any atom is 0.303 e. The SMILES string of the molecule is C1CNCCN1.CCCC(=O)O. The fourth-order valence-electron chi connectivity index (χ4n) is 0.817. The number of aliphatic carboxylic acids is 1. The van der Waals surface area contributed by atoms with Crippen LogP contribution in [0.4, 0.5) is 0 Å². The van der Waals surface area contributed by atoms with Gasteiger partial charge < -0.3 is 15.7 Å². The van der Waals surface area contributed by atoms with Crippen LogP contribution in [0.25, 0.3) is 0 Å². The molecule has 0 radical (unpaired) electrons. The van der Waals surface area contributed by atoms with E-state index in [1.165, 1.54) is 0 Å². The van der Waals surface area contributed by atoms with Crippen LogP contribution in [0, 0.1) is 0 Å². The van der Waals surface area contributed by atoms with Gasteiger partial charge in [-0.05, 0) is 6.42 Å². The minimum Gasteiger partial charge on any atom is -0.481 e. The van der Waals surface area contributed by atoms with Crippen LogP contribution in [0.3, 0.4) is 0 Å². The first-order valence-electron chi connectivity index (χ1n) is 4.40. The van der Waals surface area contributed by atoms with Gasteiger partial charge >= 0.3 is 5.97 Å². The minimum absolute atomic E-state index is 0.292. The number of hydrogen-bond donors (Lipinski definition) is 3. The molecule has 0 saturated carbocycles. The van der Waals surface area contributed by atoms with Crippen LogP contribution in [0.2, 0.25) is 0 Å². The highest BCUT2D eigenvalue weighted by Gasteiger charge is 1.91. The minimum atomic E-state index is -0.711. The Morgan fingerprint density at radius 2 is 1.67 bits per heavy atom. The molecule has 12 heavy (non-hydrogen) atoms. The fraction of sp³-hybridized carbons (Fsp3) is 0.875. The standard InChI is InChI=1S/C4H10N2.C4H8O2/c1-2-6-4-3-5-1;1-2-3-4(5)6/h5-6H,1-4H2;2-3H2,1H3,(H,5,6). The second-order valence-corrected chi connectivity index (χ2v) is 2.64.